The Morgan fingerprint density at radius 1 is 0.970 bits per heavy atom. The molecule has 0 fully saturated rings. The zero-order chi connectivity index (χ0) is 22.8. The van der Waals surface area contributed by atoms with E-state index in [-0.39, 0.29) is 11.4 Å². The molecule has 3 aromatic heterocycles. The molecule has 0 unspecified atom stereocenters. The summed E-state index contributed by atoms with van der Waals surface area (Å²) < 4.78 is 17.0. The zero-order valence-corrected chi connectivity index (χ0v) is 18.7. The highest BCUT2D eigenvalue weighted by Crippen LogP contribution is 2.27. The first-order chi connectivity index (χ1) is 16.1. The number of fused-ring (bicyclic) bond motifs is 1. The molecule has 3 heterocycles. The lowest BCUT2D eigenvalue weighted by atomic mass is 10.2. The molecule has 0 saturated carbocycles. The normalized spacial score (nSPS) is 11.2. The first kappa shape index (κ1) is 21.1. The second-order valence-electron chi connectivity index (χ2n) is 7.69. The summed E-state index contributed by atoms with van der Waals surface area (Å²) in [4.78, 5) is 17.1. The number of halogens is 1. The average molecular weight is 458 g/mol. The quantitative estimate of drug-likeness (QED) is 0.345. The Labute approximate surface area is 193 Å². The summed E-state index contributed by atoms with van der Waals surface area (Å²) in [5.41, 5.74) is 4.10. The number of nitrogens with zero attached hydrogens (tertiary/aromatic N) is 5. The van der Waals surface area contributed by atoms with Crippen LogP contribution in [0.1, 0.15) is 16.8 Å². The fraction of sp³-hybridized carbons (Fsp3) is 0.120. The van der Waals surface area contributed by atoms with Crippen molar-refractivity contribution in [2.75, 3.05) is 0 Å². The van der Waals surface area contributed by atoms with Gasteiger partial charge in [-0.25, -0.2) is 9.37 Å². The van der Waals surface area contributed by atoms with Crippen LogP contribution in [0.5, 0.6) is 0 Å². The van der Waals surface area contributed by atoms with Gasteiger partial charge in [0.2, 0.25) is 0 Å². The van der Waals surface area contributed by atoms with Gasteiger partial charge in [-0.2, -0.15) is 0 Å². The van der Waals surface area contributed by atoms with Gasteiger partial charge in [-0.1, -0.05) is 42.1 Å². The molecule has 0 radical (unpaired) electrons. The van der Waals surface area contributed by atoms with Gasteiger partial charge in [-0.15, -0.1) is 10.2 Å². The molecule has 0 saturated heterocycles. The minimum atomic E-state index is -0.300. The van der Waals surface area contributed by atoms with E-state index in [0.29, 0.717) is 34.6 Å². The van der Waals surface area contributed by atoms with Gasteiger partial charge in [0.25, 0.3) is 5.56 Å². The van der Waals surface area contributed by atoms with E-state index in [1.807, 2.05) is 54.0 Å². The van der Waals surface area contributed by atoms with Gasteiger partial charge >= 0.3 is 0 Å². The molecule has 0 aliphatic rings. The number of aromatic nitrogens is 5. The maximum atomic E-state index is 13.5. The van der Waals surface area contributed by atoms with E-state index in [2.05, 4.69) is 15.2 Å². The minimum Gasteiger partial charge on any atom is -0.298 e. The van der Waals surface area contributed by atoms with Crippen LogP contribution in [0.3, 0.4) is 0 Å². The summed E-state index contributed by atoms with van der Waals surface area (Å²) in [5.74, 6) is 0.825. The van der Waals surface area contributed by atoms with Crippen LogP contribution < -0.4 is 5.56 Å². The van der Waals surface area contributed by atoms with Gasteiger partial charge in [0.1, 0.15) is 11.5 Å². The van der Waals surface area contributed by atoms with Crippen molar-refractivity contribution in [3.63, 3.8) is 0 Å². The molecule has 0 spiro atoms. The molecule has 6 nitrogen and oxygen atoms in total. The van der Waals surface area contributed by atoms with Crippen LogP contribution in [0.15, 0.2) is 88.9 Å². The van der Waals surface area contributed by atoms with Crippen LogP contribution in [0.25, 0.3) is 17.0 Å². The van der Waals surface area contributed by atoms with Crippen LogP contribution in [0, 0.1) is 12.7 Å². The molecule has 0 bridgehead atoms. The van der Waals surface area contributed by atoms with Crippen LogP contribution in [-0.4, -0.2) is 24.1 Å². The number of hydrogen-bond acceptors (Lipinski definition) is 5. The zero-order valence-electron chi connectivity index (χ0n) is 17.9. The molecule has 5 rings (SSSR count). The van der Waals surface area contributed by atoms with E-state index in [9.17, 15) is 9.18 Å². The maximum Gasteiger partial charge on any atom is 0.258 e. The minimum absolute atomic E-state index is 0.117. The fourth-order valence-electron chi connectivity index (χ4n) is 3.58. The Hall–Kier alpha value is -3.78. The van der Waals surface area contributed by atoms with Crippen molar-refractivity contribution in [1.29, 1.82) is 0 Å². The summed E-state index contributed by atoms with van der Waals surface area (Å²) in [6.07, 6.45) is 1.74. The maximum absolute atomic E-state index is 13.5. The first-order valence-electron chi connectivity index (χ1n) is 10.4. The molecule has 0 N–H and O–H groups in total. The highest BCUT2D eigenvalue weighted by atomic mass is 32.2. The SMILES string of the molecule is Cc1ccn2c(=O)cc(CSc3nnc(-c4ccc(F)cc4)n3Cc3ccccc3)nc2c1. The lowest BCUT2D eigenvalue weighted by molar-refractivity contribution is 0.628. The van der Waals surface area contributed by atoms with E-state index in [0.717, 1.165) is 16.7 Å². The third kappa shape index (κ3) is 4.56. The van der Waals surface area contributed by atoms with Crippen molar-refractivity contribution in [1.82, 2.24) is 24.1 Å². The third-order valence-electron chi connectivity index (χ3n) is 5.23. The van der Waals surface area contributed by atoms with Crippen molar-refractivity contribution in [2.45, 2.75) is 24.4 Å². The molecule has 0 aliphatic heterocycles. The molecule has 0 amide bonds. The topological polar surface area (TPSA) is 65.1 Å². The molecule has 164 valence electrons. The lowest BCUT2D eigenvalue weighted by Crippen LogP contribution is -2.15. The molecule has 2 aromatic carbocycles. The fourth-order valence-corrected chi connectivity index (χ4v) is 4.41. The number of benzene rings is 2. The molecular weight excluding hydrogens is 437 g/mol. The van der Waals surface area contributed by atoms with Gasteiger partial charge in [0.15, 0.2) is 11.0 Å². The van der Waals surface area contributed by atoms with E-state index in [1.165, 1.54) is 28.3 Å². The highest BCUT2D eigenvalue weighted by molar-refractivity contribution is 7.98. The van der Waals surface area contributed by atoms with Gasteiger partial charge in [0.05, 0.1) is 12.2 Å². The van der Waals surface area contributed by atoms with Gasteiger partial charge in [0, 0.05) is 23.6 Å². The van der Waals surface area contributed by atoms with Crippen LogP contribution >= 0.6 is 11.8 Å². The summed E-state index contributed by atoms with van der Waals surface area (Å²) in [6, 6.07) is 21.6. The number of aryl methyl sites for hydroxylation is 1. The van der Waals surface area contributed by atoms with Gasteiger partial charge < -0.3 is 0 Å². The van der Waals surface area contributed by atoms with Crippen molar-refractivity contribution < 1.29 is 4.39 Å². The predicted molar refractivity (Wildman–Crippen MR) is 127 cm³/mol. The number of pyridine rings is 1. The van der Waals surface area contributed by atoms with E-state index in [1.54, 1.807) is 24.4 Å². The molecule has 0 atom stereocenters. The molecular formula is C25H20FN5OS. The number of rotatable bonds is 6. The van der Waals surface area contributed by atoms with Crippen LogP contribution in [0.4, 0.5) is 4.39 Å². The van der Waals surface area contributed by atoms with Crippen molar-refractivity contribution >= 4 is 17.4 Å². The van der Waals surface area contributed by atoms with Gasteiger partial charge in [-0.05, 0) is 54.4 Å². The largest absolute Gasteiger partial charge is 0.298 e. The summed E-state index contributed by atoms with van der Waals surface area (Å²) in [7, 11) is 0. The van der Waals surface area contributed by atoms with Gasteiger partial charge in [-0.3, -0.25) is 13.8 Å². The summed E-state index contributed by atoms with van der Waals surface area (Å²) >= 11 is 1.46. The van der Waals surface area contributed by atoms with E-state index >= 15 is 0 Å². The molecule has 5 aromatic rings. The monoisotopic (exact) mass is 457 g/mol. The smallest absolute Gasteiger partial charge is 0.258 e. The van der Waals surface area contributed by atoms with E-state index in [4.69, 9.17) is 0 Å². The lowest BCUT2D eigenvalue weighted by Gasteiger charge is -2.11. The highest BCUT2D eigenvalue weighted by Gasteiger charge is 2.16. The number of thioether (sulfide) groups is 1. The Kier molecular flexibility index (Phi) is 5.75. The average Bonchev–Trinajstić information content (AvgIpc) is 3.21. The molecule has 8 heteroatoms. The second-order valence-corrected chi connectivity index (χ2v) is 8.63. The Morgan fingerprint density at radius 3 is 2.55 bits per heavy atom. The summed E-state index contributed by atoms with van der Waals surface area (Å²) in [5, 5.41) is 9.48. The standard InChI is InChI=1S/C25H20FN5OS/c1-17-11-12-30-22(13-17)27-21(14-23(30)32)16-33-25-29-28-24(19-7-9-20(26)10-8-19)31(25)15-18-5-3-2-4-6-18/h2-14H,15-16H2,1H3. The van der Waals surface area contributed by atoms with Crippen molar-refractivity contribution in [2.24, 2.45) is 0 Å². The summed E-state index contributed by atoms with van der Waals surface area (Å²) in [6.45, 7) is 2.53. The third-order valence-corrected chi connectivity index (χ3v) is 6.23. The number of hydrogen-bond donors (Lipinski definition) is 0. The van der Waals surface area contributed by atoms with E-state index < -0.39 is 0 Å². The second kappa shape index (κ2) is 8.99. The molecule has 33 heavy (non-hydrogen) atoms. The predicted octanol–water partition coefficient (Wildman–Crippen LogP) is 4.74. The Bertz CT molecular complexity index is 1480. The Morgan fingerprint density at radius 2 is 1.76 bits per heavy atom. The van der Waals surface area contributed by atoms with Crippen LogP contribution in [-0.2, 0) is 12.3 Å². The first-order valence-corrected chi connectivity index (χ1v) is 11.4. The molecule has 0 aliphatic carbocycles. The van der Waals surface area contributed by atoms with Crippen LogP contribution in [0.2, 0.25) is 0 Å². The van der Waals surface area contributed by atoms with Crippen molar-refractivity contribution in [3.05, 3.63) is 112 Å². The van der Waals surface area contributed by atoms with Crippen molar-refractivity contribution in [3.8, 4) is 11.4 Å². The Balaban J connectivity index is 1.48.